The summed E-state index contributed by atoms with van der Waals surface area (Å²) in [6, 6.07) is 6.22. The number of halogens is 2. The number of aromatic nitrogens is 1. The number of hydrogen-bond donors (Lipinski definition) is 1. The van der Waals surface area contributed by atoms with Crippen molar-refractivity contribution in [2.75, 3.05) is 0 Å². The van der Waals surface area contributed by atoms with Crippen LogP contribution in [0.1, 0.15) is 29.4 Å². The summed E-state index contributed by atoms with van der Waals surface area (Å²) in [7, 11) is 0. The van der Waals surface area contributed by atoms with Gasteiger partial charge in [-0.1, -0.05) is 19.4 Å². The lowest BCUT2D eigenvalue weighted by molar-refractivity contribution is 0.0695. The van der Waals surface area contributed by atoms with Crippen LogP contribution < -0.4 is 0 Å². The van der Waals surface area contributed by atoms with E-state index in [0.717, 1.165) is 12.1 Å². The Morgan fingerprint density at radius 3 is 2.40 bits per heavy atom. The molecule has 20 heavy (non-hydrogen) atoms. The van der Waals surface area contributed by atoms with Crippen LogP contribution in [0.4, 0.5) is 8.78 Å². The smallest absolute Gasteiger partial charge is 0.337 e. The van der Waals surface area contributed by atoms with E-state index in [1.54, 1.807) is 0 Å². The molecule has 104 valence electrons. The number of carbonyl (C=O) groups is 1. The van der Waals surface area contributed by atoms with Gasteiger partial charge < -0.3 is 5.11 Å². The number of carboxylic acid groups (broad SMARTS) is 1. The monoisotopic (exact) mass is 277 g/mol. The lowest BCUT2D eigenvalue weighted by Crippen LogP contribution is -2.06. The standard InChI is InChI=1S/C15H13F2NO2/c1-2-4-12-9(15(19)20)7-8-13(18-12)14-10(16)5-3-6-11(14)17/h3,5-8H,2,4H2,1H3,(H,19,20). The van der Waals surface area contributed by atoms with E-state index in [9.17, 15) is 13.6 Å². The van der Waals surface area contributed by atoms with E-state index in [1.807, 2.05) is 6.92 Å². The summed E-state index contributed by atoms with van der Waals surface area (Å²) in [5, 5.41) is 9.07. The van der Waals surface area contributed by atoms with Gasteiger partial charge in [0.05, 0.1) is 22.5 Å². The lowest BCUT2D eigenvalue weighted by atomic mass is 10.1. The fourth-order valence-corrected chi connectivity index (χ4v) is 2.01. The highest BCUT2D eigenvalue weighted by Crippen LogP contribution is 2.25. The molecule has 1 N–H and O–H groups in total. The van der Waals surface area contributed by atoms with Gasteiger partial charge in [-0.2, -0.15) is 0 Å². The minimum Gasteiger partial charge on any atom is -0.478 e. The van der Waals surface area contributed by atoms with E-state index < -0.39 is 17.6 Å². The van der Waals surface area contributed by atoms with Crippen LogP contribution in [0.15, 0.2) is 30.3 Å². The topological polar surface area (TPSA) is 50.2 Å². The van der Waals surface area contributed by atoms with Crippen molar-refractivity contribution < 1.29 is 18.7 Å². The number of pyridine rings is 1. The molecule has 0 fully saturated rings. The van der Waals surface area contributed by atoms with Crippen LogP contribution in [-0.4, -0.2) is 16.1 Å². The van der Waals surface area contributed by atoms with Crippen molar-refractivity contribution in [3.8, 4) is 11.3 Å². The van der Waals surface area contributed by atoms with Crippen LogP contribution in [-0.2, 0) is 6.42 Å². The Morgan fingerprint density at radius 2 is 1.85 bits per heavy atom. The zero-order chi connectivity index (χ0) is 14.7. The van der Waals surface area contributed by atoms with Crippen LogP contribution in [0.3, 0.4) is 0 Å². The first-order chi connectivity index (χ1) is 9.54. The summed E-state index contributed by atoms with van der Waals surface area (Å²) < 4.78 is 27.4. The molecule has 0 spiro atoms. The zero-order valence-electron chi connectivity index (χ0n) is 10.9. The van der Waals surface area contributed by atoms with E-state index in [2.05, 4.69) is 4.98 Å². The van der Waals surface area contributed by atoms with Crippen molar-refractivity contribution in [3.05, 3.63) is 53.2 Å². The number of rotatable bonds is 4. The SMILES string of the molecule is CCCc1nc(-c2c(F)cccc2F)ccc1C(=O)O. The van der Waals surface area contributed by atoms with Gasteiger partial charge in [-0.15, -0.1) is 0 Å². The molecule has 0 radical (unpaired) electrons. The molecular formula is C15H13F2NO2. The van der Waals surface area contributed by atoms with E-state index in [1.165, 1.54) is 18.2 Å². The Kier molecular flexibility index (Phi) is 4.08. The Hall–Kier alpha value is -2.30. The normalized spacial score (nSPS) is 10.6. The van der Waals surface area contributed by atoms with Gasteiger partial charge in [-0.25, -0.2) is 13.6 Å². The van der Waals surface area contributed by atoms with Gasteiger partial charge in [0, 0.05) is 0 Å². The molecule has 0 saturated heterocycles. The Balaban J connectivity index is 2.59. The molecule has 3 nitrogen and oxygen atoms in total. The Bertz CT molecular complexity index is 636. The van der Waals surface area contributed by atoms with Gasteiger partial charge in [0.1, 0.15) is 11.6 Å². The predicted octanol–water partition coefficient (Wildman–Crippen LogP) is 3.68. The first-order valence-electron chi connectivity index (χ1n) is 6.22. The molecule has 1 aromatic heterocycles. The molecule has 0 aliphatic heterocycles. The minimum absolute atomic E-state index is 0.0624. The third-order valence-corrected chi connectivity index (χ3v) is 2.91. The molecule has 0 aliphatic carbocycles. The molecule has 0 atom stereocenters. The van der Waals surface area contributed by atoms with Crippen LogP contribution in [0, 0.1) is 11.6 Å². The quantitative estimate of drug-likeness (QED) is 0.927. The van der Waals surface area contributed by atoms with Gasteiger partial charge in [-0.3, -0.25) is 4.98 Å². The minimum atomic E-state index is -1.10. The third-order valence-electron chi connectivity index (χ3n) is 2.91. The van der Waals surface area contributed by atoms with Crippen LogP contribution in [0.5, 0.6) is 0 Å². The fourth-order valence-electron chi connectivity index (χ4n) is 2.01. The molecule has 2 rings (SSSR count). The predicted molar refractivity (Wildman–Crippen MR) is 70.5 cm³/mol. The van der Waals surface area contributed by atoms with Gasteiger partial charge in [0.25, 0.3) is 0 Å². The number of aromatic carboxylic acids is 1. The summed E-state index contributed by atoms with van der Waals surface area (Å²) in [6.45, 7) is 1.88. The van der Waals surface area contributed by atoms with E-state index in [-0.39, 0.29) is 16.8 Å². The van der Waals surface area contributed by atoms with E-state index >= 15 is 0 Å². The summed E-state index contributed by atoms with van der Waals surface area (Å²) >= 11 is 0. The lowest BCUT2D eigenvalue weighted by Gasteiger charge is -2.09. The number of aryl methyl sites for hydroxylation is 1. The molecular weight excluding hydrogens is 264 g/mol. The van der Waals surface area contributed by atoms with Crippen molar-refractivity contribution in [1.82, 2.24) is 4.98 Å². The third kappa shape index (κ3) is 2.66. The first kappa shape index (κ1) is 14.1. The maximum Gasteiger partial charge on any atom is 0.337 e. The molecule has 0 amide bonds. The van der Waals surface area contributed by atoms with Crippen LogP contribution in [0.25, 0.3) is 11.3 Å². The van der Waals surface area contributed by atoms with Crippen molar-refractivity contribution in [2.24, 2.45) is 0 Å². The largest absolute Gasteiger partial charge is 0.478 e. The summed E-state index contributed by atoms with van der Waals surface area (Å²) in [6.07, 6.45) is 1.13. The molecule has 1 aromatic carbocycles. The van der Waals surface area contributed by atoms with Gasteiger partial charge >= 0.3 is 5.97 Å². The molecule has 2 aromatic rings. The summed E-state index contributed by atoms with van der Waals surface area (Å²) in [4.78, 5) is 15.2. The van der Waals surface area contributed by atoms with Crippen molar-refractivity contribution in [1.29, 1.82) is 0 Å². The zero-order valence-corrected chi connectivity index (χ0v) is 10.9. The highest BCUT2D eigenvalue weighted by molar-refractivity contribution is 5.89. The second-order valence-electron chi connectivity index (χ2n) is 4.34. The van der Waals surface area contributed by atoms with Gasteiger partial charge in [0.2, 0.25) is 0 Å². The number of carboxylic acids is 1. The highest BCUT2D eigenvalue weighted by atomic mass is 19.1. The molecule has 0 aliphatic rings. The molecule has 5 heteroatoms. The summed E-state index contributed by atoms with van der Waals surface area (Å²) in [5.41, 5.74) is 0.267. The van der Waals surface area contributed by atoms with Crippen LogP contribution in [0.2, 0.25) is 0 Å². The van der Waals surface area contributed by atoms with Gasteiger partial charge in [-0.05, 0) is 30.7 Å². The maximum absolute atomic E-state index is 13.7. The van der Waals surface area contributed by atoms with E-state index in [4.69, 9.17) is 5.11 Å². The maximum atomic E-state index is 13.7. The van der Waals surface area contributed by atoms with Crippen molar-refractivity contribution in [2.45, 2.75) is 19.8 Å². The second-order valence-corrected chi connectivity index (χ2v) is 4.34. The average Bonchev–Trinajstić information content (AvgIpc) is 2.39. The molecule has 1 heterocycles. The average molecular weight is 277 g/mol. The van der Waals surface area contributed by atoms with Gasteiger partial charge in [0.15, 0.2) is 0 Å². The first-order valence-corrected chi connectivity index (χ1v) is 6.22. The van der Waals surface area contributed by atoms with Crippen molar-refractivity contribution in [3.63, 3.8) is 0 Å². The van der Waals surface area contributed by atoms with Crippen LogP contribution >= 0.6 is 0 Å². The highest BCUT2D eigenvalue weighted by Gasteiger charge is 2.16. The van der Waals surface area contributed by atoms with E-state index in [0.29, 0.717) is 18.5 Å². The Labute approximate surface area is 114 Å². The van der Waals surface area contributed by atoms with Crippen molar-refractivity contribution >= 4 is 5.97 Å². The number of hydrogen-bond acceptors (Lipinski definition) is 2. The molecule has 0 saturated carbocycles. The fraction of sp³-hybridized carbons (Fsp3) is 0.200. The summed E-state index contributed by atoms with van der Waals surface area (Å²) in [5.74, 6) is -2.53. The molecule has 0 bridgehead atoms. The Morgan fingerprint density at radius 1 is 1.20 bits per heavy atom. The number of nitrogens with zero attached hydrogens (tertiary/aromatic N) is 1. The second kappa shape index (κ2) is 5.77. The number of benzene rings is 1. The molecule has 0 unspecified atom stereocenters.